The van der Waals surface area contributed by atoms with E-state index in [2.05, 4.69) is 292 Å². The molecule has 3 saturated heterocycles. The molecule has 0 amide bonds. The number of rotatable bonds is 6. The number of aromatic nitrogens is 4. The van der Waals surface area contributed by atoms with Gasteiger partial charge >= 0.3 is 21.1 Å². The third-order valence-corrected chi connectivity index (χ3v) is 20.9. The zero-order valence-electron chi connectivity index (χ0n) is 54.3. The highest BCUT2D eigenvalue weighted by atomic mass is 79.9. The fourth-order valence-electron chi connectivity index (χ4n) is 13.6. The Balaban J connectivity index is 0.000000123. The lowest BCUT2D eigenvalue weighted by Gasteiger charge is -2.32. The van der Waals surface area contributed by atoms with Gasteiger partial charge in [0.15, 0.2) is 0 Å². The molecule has 14 aromatic rings. The standard InChI is InChI=1S/C36H31BN2O2.C30H19BrN2.C12H24B2O4/c1-35(2)36(3,4)41-37(40-35)24-21-25(38-31-17-9-5-13-27(31)28-14-6-10-18-32(28)38)23-26(22-24)39-33-19-11-7-15-29(33)30-16-8-12-20-34(30)39;31-20-17-21(32-27-13-5-1-9-23(27)24-10-2-6-14-28(24)32)19-22(18-20)33-29-15-7-3-11-25(29)26-12-4-8-16-30(26)33;1-9(2)10(3,4)16-13(15-9)14-17-11(5,6)12(7,8)18-14/h5-23H,1-4H3;1-19H;1-8H3. The smallest absolute Gasteiger partial charge is 0.405 e. The topological polar surface area (TPSA) is 75.1 Å². The van der Waals surface area contributed by atoms with Crippen molar-refractivity contribution in [2.24, 2.45) is 0 Å². The maximum Gasteiger partial charge on any atom is 0.494 e. The molecule has 0 aliphatic carbocycles. The van der Waals surface area contributed by atoms with Crippen LogP contribution in [-0.2, 0) is 27.9 Å². The van der Waals surface area contributed by atoms with Crippen LogP contribution in [0.3, 0.4) is 0 Å². The first-order chi connectivity index (χ1) is 44.0. The monoisotopic (exact) mass is 1270 g/mol. The Hall–Kier alpha value is -8.17. The molecule has 92 heavy (non-hydrogen) atoms. The number of hydrogen-bond acceptors (Lipinski definition) is 6. The summed E-state index contributed by atoms with van der Waals surface area (Å²) in [5.74, 6) is 0. The second kappa shape index (κ2) is 22.0. The zero-order valence-corrected chi connectivity index (χ0v) is 55.9. The van der Waals surface area contributed by atoms with Gasteiger partial charge in [0.2, 0.25) is 0 Å². The molecule has 3 fully saturated rings. The van der Waals surface area contributed by atoms with Crippen LogP contribution in [0, 0.1) is 0 Å². The summed E-state index contributed by atoms with van der Waals surface area (Å²) in [6.07, 6.45) is 0. The summed E-state index contributed by atoms with van der Waals surface area (Å²) in [6, 6.07) is 82.6. The summed E-state index contributed by atoms with van der Waals surface area (Å²) in [5, 5.41) is 10.0. The number of para-hydroxylation sites is 8. The van der Waals surface area contributed by atoms with Crippen molar-refractivity contribution in [3.05, 3.63) is 235 Å². The highest BCUT2D eigenvalue weighted by Gasteiger charge is 2.64. The van der Waals surface area contributed by atoms with Crippen LogP contribution in [0.2, 0.25) is 0 Å². The third-order valence-electron chi connectivity index (χ3n) is 20.4. The normalized spacial score (nSPS) is 17.8. The minimum atomic E-state index is -0.486. The van der Waals surface area contributed by atoms with Gasteiger partial charge in [-0.15, -0.1) is 0 Å². The van der Waals surface area contributed by atoms with Crippen molar-refractivity contribution in [1.29, 1.82) is 0 Å². The van der Waals surface area contributed by atoms with Crippen molar-refractivity contribution >= 4 is 130 Å². The van der Waals surface area contributed by atoms with Gasteiger partial charge in [-0.05, 0) is 173 Å². The average Bonchev–Trinajstić information content (AvgIpc) is 1.59. The Bertz CT molecular complexity index is 4670. The predicted molar refractivity (Wildman–Crippen MR) is 386 cm³/mol. The van der Waals surface area contributed by atoms with Crippen LogP contribution in [-0.4, -0.2) is 73.0 Å². The number of benzene rings is 10. The number of fused-ring (bicyclic) bond motifs is 12. The lowest BCUT2D eigenvalue weighted by molar-refractivity contribution is 0.00578. The minimum absolute atomic E-state index is 0.360. The molecule has 10 nitrogen and oxygen atoms in total. The van der Waals surface area contributed by atoms with Gasteiger partial charge < -0.3 is 46.2 Å². The van der Waals surface area contributed by atoms with E-state index in [1.54, 1.807) is 0 Å². The van der Waals surface area contributed by atoms with Gasteiger partial charge in [0, 0.05) is 70.3 Å². The highest BCUT2D eigenvalue weighted by molar-refractivity contribution is 9.10. The van der Waals surface area contributed by atoms with E-state index in [1.165, 1.54) is 87.2 Å². The van der Waals surface area contributed by atoms with E-state index in [4.69, 9.17) is 27.9 Å². The van der Waals surface area contributed by atoms with Crippen LogP contribution in [0.25, 0.3) is 110 Å². The van der Waals surface area contributed by atoms with Crippen LogP contribution < -0.4 is 5.46 Å². The largest absolute Gasteiger partial charge is 0.494 e. The summed E-state index contributed by atoms with van der Waals surface area (Å²) < 4.78 is 47.6. The molecule has 0 atom stereocenters. The molecule has 0 radical (unpaired) electrons. The van der Waals surface area contributed by atoms with Gasteiger partial charge in [-0.2, -0.15) is 0 Å². The number of hydrogen-bond donors (Lipinski definition) is 0. The Morgan fingerprint density at radius 2 is 0.435 bits per heavy atom. The maximum atomic E-state index is 6.60. The quantitative estimate of drug-likeness (QED) is 0.154. The van der Waals surface area contributed by atoms with E-state index < -0.39 is 32.3 Å². The van der Waals surface area contributed by atoms with E-state index >= 15 is 0 Å². The molecule has 10 aromatic carbocycles. The predicted octanol–water partition coefficient (Wildman–Crippen LogP) is 19.1. The molecule has 458 valence electrons. The molecule has 3 aliphatic rings. The molecule has 0 spiro atoms. The summed E-state index contributed by atoms with van der Waals surface area (Å²) in [4.78, 5) is 0. The Labute approximate surface area is 547 Å². The van der Waals surface area contributed by atoms with E-state index in [0.717, 1.165) is 32.7 Å². The van der Waals surface area contributed by atoms with E-state index in [1.807, 2.05) is 55.4 Å². The van der Waals surface area contributed by atoms with Crippen molar-refractivity contribution in [1.82, 2.24) is 18.3 Å². The molecular formula is C78H74B3BrN4O6. The number of halogens is 1. The van der Waals surface area contributed by atoms with E-state index in [0.29, 0.717) is 0 Å². The van der Waals surface area contributed by atoms with Crippen LogP contribution in [0.4, 0.5) is 0 Å². The molecule has 3 aliphatic heterocycles. The minimum Gasteiger partial charge on any atom is -0.405 e. The molecular weight excluding hydrogens is 1200 g/mol. The highest BCUT2D eigenvalue weighted by Crippen LogP contribution is 2.45. The first kappa shape index (κ1) is 60.1. The third kappa shape index (κ3) is 9.86. The molecule has 0 saturated carbocycles. The van der Waals surface area contributed by atoms with Gasteiger partial charge in [0.1, 0.15) is 0 Å². The second-order valence-corrected chi connectivity index (χ2v) is 28.7. The first-order valence-corrected chi connectivity index (χ1v) is 32.8. The van der Waals surface area contributed by atoms with Crippen LogP contribution in [0.5, 0.6) is 0 Å². The van der Waals surface area contributed by atoms with Crippen LogP contribution >= 0.6 is 15.9 Å². The number of nitrogens with zero attached hydrogens (tertiary/aromatic N) is 4. The Morgan fingerprint density at radius 1 is 0.250 bits per heavy atom. The van der Waals surface area contributed by atoms with E-state index in [-0.39, 0.29) is 22.4 Å². The molecule has 17 rings (SSSR count). The van der Waals surface area contributed by atoms with Gasteiger partial charge in [0.05, 0.1) is 77.7 Å². The lowest BCUT2D eigenvalue weighted by Crippen LogP contribution is -2.41. The molecule has 14 heteroatoms. The fraction of sp³-hybridized carbons (Fsp3) is 0.231. The first-order valence-electron chi connectivity index (χ1n) is 32.0. The van der Waals surface area contributed by atoms with Crippen molar-refractivity contribution in [3.8, 4) is 22.7 Å². The van der Waals surface area contributed by atoms with Gasteiger partial charge in [-0.1, -0.05) is 162 Å². The zero-order chi connectivity index (χ0) is 63.9. The SMILES string of the molecule is Brc1cc(-n2c3ccccc3c3ccccc32)cc(-n2c3ccccc3c3ccccc32)c1.CC1(C)OB(B2OC(C)(C)C(C)(C)O2)OC1(C)C.CC1(C)OB(c2cc(-n3c4ccccc4c4ccccc43)cc(-n3c4ccccc4c4ccccc43)c2)OC1(C)C. The Morgan fingerprint density at radius 3 is 0.652 bits per heavy atom. The van der Waals surface area contributed by atoms with Gasteiger partial charge in [-0.3, -0.25) is 0 Å². The summed E-state index contributed by atoms with van der Waals surface area (Å²) in [7, 11) is -1.44. The van der Waals surface area contributed by atoms with Crippen molar-refractivity contribution < 1.29 is 27.9 Å². The maximum absolute atomic E-state index is 6.60. The van der Waals surface area contributed by atoms with Crippen LogP contribution in [0.1, 0.15) is 83.1 Å². The molecule has 0 bridgehead atoms. The fourth-order valence-corrected chi connectivity index (χ4v) is 14.1. The molecule has 4 aromatic heterocycles. The molecule has 7 heterocycles. The van der Waals surface area contributed by atoms with Gasteiger partial charge in [0.25, 0.3) is 0 Å². The van der Waals surface area contributed by atoms with Crippen molar-refractivity contribution in [2.75, 3.05) is 0 Å². The lowest BCUT2D eigenvalue weighted by atomic mass is 9.49. The van der Waals surface area contributed by atoms with Crippen molar-refractivity contribution in [2.45, 2.75) is 117 Å². The van der Waals surface area contributed by atoms with Crippen molar-refractivity contribution in [3.63, 3.8) is 0 Å². The molecule has 0 unspecified atom stereocenters. The summed E-state index contributed by atoms with van der Waals surface area (Å²) in [5.41, 5.74) is 12.7. The Kier molecular flexibility index (Phi) is 14.4. The summed E-state index contributed by atoms with van der Waals surface area (Å²) >= 11 is 3.81. The van der Waals surface area contributed by atoms with E-state index in [9.17, 15) is 0 Å². The van der Waals surface area contributed by atoms with Crippen LogP contribution in [0.15, 0.2) is 235 Å². The second-order valence-electron chi connectivity index (χ2n) is 27.8. The van der Waals surface area contributed by atoms with Gasteiger partial charge in [-0.25, -0.2) is 0 Å². The average molecular weight is 1280 g/mol. The summed E-state index contributed by atoms with van der Waals surface area (Å²) in [6.45, 7) is 24.6. The molecule has 0 N–H and O–H groups in total.